The van der Waals surface area contributed by atoms with Crippen LogP contribution in [0.4, 0.5) is 0 Å². The third-order valence-electron chi connectivity index (χ3n) is 7.15. The van der Waals surface area contributed by atoms with Crippen molar-refractivity contribution in [3.8, 4) is 28.9 Å². The molecule has 9 nitrogen and oxygen atoms in total. The summed E-state index contributed by atoms with van der Waals surface area (Å²) in [7, 11) is 0. The maximum absolute atomic E-state index is 10.7. The van der Waals surface area contributed by atoms with Gasteiger partial charge in [-0.05, 0) is 61.7 Å². The fourth-order valence-electron chi connectivity index (χ4n) is 5.04. The number of hydrogen-bond donors (Lipinski definition) is 1. The van der Waals surface area contributed by atoms with E-state index in [9.17, 15) is 5.11 Å². The maximum Gasteiger partial charge on any atom is 0.283 e. The van der Waals surface area contributed by atoms with Gasteiger partial charge in [-0.25, -0.2) is 0 Å². The minimum absolute atomic E-state index is 0.191. The van der Waals surface area contributed by atoms with E-state index < -0.39 is 6.10 Å². The number of benzene rings is 2. The number of nitrogens with zero attached hydrogens (tertiary/aromatic N) is 3. The lowest BCUT2D eigenvalue weighted by Crippen LogP contribution is -2.40. The number of piperidine rings is 1. The van der Waals surface area contributed by atoms with Gasteiger partial charge in [-0.3, -0.25) is 0 Å². The summed E-state index contributed by atoms with van der Waals surface area (Å²) in [5.74, 6) is 4.16. The summed E-state index contributed by atoms with van der Waals surface area (Å²) >= 11 is 0. The third kappa shape index (κ3) is 5.08. The molecule has 200 valence electrons. The van der Waals surface area contributed by atoms with Crippen LogP contribution in [-0.2, 0) is 5.41 Å². The number of β-amino-alcohol motifs (C(OH)–C–C–N with tert-alkyl or cyclic N) is 1. The molecule has 0 spiro atoms. The van der Waals surface area contributed by atoms with Crippen LogP contribution < -0.4 is 14.2 Å². The van der Waals surface area contributed by atoms with E-state index in [4.69, 9.17) is 23.0 Å². The van der Waals surface area contributed by atoms with Crippen molar-refractivity contribution in [2.45, 2.75) is 51.0 Å². The highest BCUT2D eigenvalue weighted by Gasteiger charge is 2.26. The number of aliphatic hydroxyl groups is 1. The summed E-state index contributed by atoms with van der Waals surface area (Å²) in [6.45, 7) is 8.96. The number of fused-ring (bicyclic) bond motifs is 2. The fraction of sp³-hybridized carbons (Fsp3) is 0.448. The van der Waals surface area contributed by atoms with Crippen LogP contribution in [0.3, 0.4) is 0 Å². The lowest BCUT2D eigenvalue weighted by atomic mass is 9.89. The van der Waals surface area contributed by atoms with Crippen LogP contribution >= 0.6 is 0 Å². The predicted molar refractivity (Wildman–Crippen MR) is 141 cm³/mol. The molecule has 2 aromatic carbocycles. The summed E-state index contributed by atoms with van der Waals surface area (Å²) in [6, 6.07) is 13.7. The third-order valence-corrected chi connectivity index (χ3v) is 7.15. The molecule has 1 saturated heterocycles. The maximum atomic E-state index is 10.7. The Morgan fingerprint density at radius 3 is 2.63 bits per heavy atom. The average molecular weight is 520 g/mol. The zero-order valence-electron chi connectivity index (χ0n) is 22.0. The van der Waals surface area contributed by atoms with Crippen molar-refractivity contribution in [2.24, 2.45) is 0 Å². The first-order valence-electron chi connectivity index (χ1n) is 13.1. The monoisotopic (exact) mass is 519 g/mol. The molecule has 2 aliphatic rings. The summed E-state index contributed by atoms with van der Waals surface area (Å²) < 4.78 is 28.8. The molecular formula is C29H33N3O6. The molecule has 9 heteroatoms. The summed E-state index contributed by atoms with van der Waals surface area (Å²) in [4.78, 5) is 2.30. The fourth-order valence-corrected chi connectivity index (χ4v) is 5.04. The number of ether oxygens (including phenoxy) is 3. The molecular weight excluding hydrogens is 486 g/mol. The van der Waals surface area contributed by atoms with Gasteiger partial charge in [-0.1, -0.05) is 32.9 Å². The Morgan fingerprint density at radius 1 is 1.03 bits per heavy atom. The number of aliphatic hydroxyl groups excluding tert-OH is 1. The van der Waals surface area contributed by atoms with Gasteiger partial charge in [0.25, 0.3) is 5.89 Å². The van der Waals surface area contributed by atoms with E-state index in [1.165, 1.54) is 5.56 Å². The SMILES string of the molecule is CC(C)(C)c1nnc(-c2cc3c(OCC(O)CN4CCC(c5ccc6c(c5)OCO6)CC4)cccc3o2)o1. The lowest BCUT2D eigenvalue weighted by molar-refractivity contribution is 0.0599. The van der Waals surface area contributed by atoms with Gasteiger partial charge in [0.15, 0.2) is 17.3 Å². The minimum Gasteiger partial charge on any atom is -0.490 e. The first kappa shape index (κ1) is 24.8. The molecule has 0 radical (unpaired) electrons. The van der Waals surface area contributed by atoms with Crippen molar-refractivity contribution in [3.05, 3.63) is 53.9 Å². The van der Waals surface area contributed by atoms with E-state index in [0.717, 1.165) is 42.8 Å². The molecule has 2 aromatic heterocycles. The van der Waals surface area contributed by atoms with Crippen molar-refractivity contribution in [1.82, 2.24) is 15.1 Å². The number of rotatable bonds is 7. The smallest absolute Gasteiger partial charge is 0.283 e. The van der Waals surface area contributed by atoms with E-state index in [-0.39, 0.29) is 12.0 Å². The molecule has 0 aliphatic carbocycles. The number of aromatic nitrogens is 2. The Hall–Kier alpha value is -3.56. The van der Waals surface area contributed by atoms with Crippen LogP contribution in [0.1, 0.15) is 51.0 Å². The van der Waals surface area contributed by atoms with Gasteiger partial charge in [-0.15, -0.1) is 10.2 Å². The molecule has 4 aromatic rings. The zero-order valence-corrected chi connectivity index (χ0v) is 22.0. The van der Waals surface area contributed by atoms with Gasteiger partial charge < -0.3 is 33.1 Å². The van der Waals surface area contributed by atoms with Crippen LogP contribution in [0.15, 0.2) is 51.3 Å². The van der Waals surface area contributed by atoms with Crippen molar-refractivity contribution < 1.29 is 28.2 Å². The summed E-state index contributed by atoms with van der Waals surface area (Å²) in [5.41, 5.74) is 1.71. The molecule has 1 N–H and O–H groups in total. The van der Waals surface area contributed by atoms with Gasteiger partial charge in [0.2, 0.25) is 12.7 Å². The molecule has 1 atom stereocenters. The molecule has 38 heavy (non-hydrogen) atoms. The van der Waals surface area contributed by atoms with Crippen LogP contribution in [0.2, 0.25) is 0 Å². The average Bonchev–Trinajstić information content (AvgIpc) is 3.66. The Morgan fingerprint density at radius 2 is 1.84 bits per heavy atom. The Balaban J connectivity index is 1.04. The standard InChI is InChI=1S/C29H33N3O6/c1-29(2,3)28-31-30-27(38-28)26-14-21-22(5-4-6-23(21)37-26)34-16-20(33)15-32-11-9-18(10-12-32)19-7-8-24-25(13-19)36-17-35-24/h4-8,13-14,18,20,33H,9-12,15-17H2,1-3H3. The lowest BCUT2D eigenvalue weighted by Gasteiger charge is -2.33. The molecule has 6 rings (SSSR count). The van der Waals surface area contributed by atoms with E-state index in [1.54, 1.807) is 0 Å². The second-order valence-electron chi connectivity index (χ2n) is 11.1. The quantitative estimate of drug-likeness (QED) is 0.356. The van der Waals surface area contributed by atoms with Gasteiger partial charge in [0, 0.05) is 18.0 Å². The number of hydrogen-bond acceptors (Lipinski definition) is 9. The molecule has 4 heterocycles. The second kappa shape index (κ2) is 9.96. The van der Waals surface area contributed by atoms with Crippen LogP contribution in [0, 0.1) is 0 Å². The number of furan rings is 1. The molecule has 0 saturated carbocycles. The molecule has 2 aliphatic heterocycles. The van der Waals surface area contributed by atoms with Gasteiger partial charge in [0.05, 0.1) is 5.39 Å². The number of likely N-dealkylation sites (tertiary alicyclic amines) is 1. The summed E-state index contributed by atoms with van der Waals surface area (Å²) in [6.07, 6.45) is 1.47. The topological polar surface area (TPSA) is 103 Å². The first-order valence-corrected chi connectivity index (χ1v) is 13.1. The molecule has 0 bridgehead atoms. The molecule has 1 fully saturated rings. The van der Waals surface area contributed by atoms with Crippen LogP contribution in [0.25, 0.3) is 22.6 Å². The summed E-state index contributed by atoms with van der Waals surface area (Å²) in [5, 5.41) is 19.8. The first-order chi connectivity index (χ1) is 18.3. The largest absolute Gasteiger partial charge is 0.490 e. The van der Waals surface area contributed by atoms with Crippen LogP contribution in [-0.4, -0.2) is 59.3 Å². The Bertz CT molecular complexity index is 1410. The minimum atomic E-state index is -0.607. The van der Waals surface area contributed by atoms with Crippen molar-refractivity contribution in [1.29, 1.82) is 0 Å². The highest BCUT2D eigenvalue weighted by atomic mass is 16.7. The Labute approximate surface area is 221 Å². The van der Waals surface area contributed by atoms with Gasteiger partial charge in [0.1, 0.15) is 24.0 Å². The second-order valence-corrected chi connectivity index (χ2v) is 11.1. The zero-order chi connectivity index (χ0) is 26.3. The van der Waals surface area contributed by atoms with Crippen molar-refractivity contribution >= 4 is 11.0 Å². The van der Waals surface area contributed by atoms with Gasteiger partial charge >= 0.3 is 0 Å². The van der Waals surface area contributed by atoms with E-state index >= 15 is 0 Å². The van der Waals surface area contributed by atoms with Crippen LogP contribution in [0.5, 0.6) is 17.2 Å². The van der Waals surface area contributed by atoms with E-state index in [2.05, 4.69) is 27.2 Å². The molecule has 1 unspecified atom stereocenters. The highest BCUT2D eigenvalue weighted by Crippen LogP contribution is 2.38. The Kier molecular flexibility index (Phi) is 6.49. The molecule has 0 amide bonds. The van der Waals surface area contributed by atoms with Gasteiger partial charge in [-0.2, -0.15) is 0 Å². The highest BCUT2D eigenvalue weighted by molar-refractivity contribution is 5.87. The normalized spacial score (nSPS) is 17.3. The van der Waals surface area contributed by atoms with Crippen molar-refractivity contribution in [2.75, 3.05) is 33.0 Å². The van der Waals surface area contributed by atoms with Crippen molar-refractivity contribution in [3.63, 3.8) is 0 Å². The van der Waals surface area contributed by atoms with E-state index in [1.807, 2.05) is 51.1 Å². The predicted octanol–water partition coefficient (Wildman–Crippen LogP) is 5.13. The van der Waals surface area contributed by atoms with E-state index in [0.29, 0.717) is 48.1 Å².